The van der Waals surface area contributed by atoms with Crippen molar-refractivity contribution in [2.24, 2.45) is 7.05 Å². The van der Waals surface area contributed by atoms with Crippen LogP contribution in [0.15, 0.2) is 63.9 Å². The first-order valence-corrected chi connectivity index (χ1v) is 11.5. The lowest BCUT2D eigenvalue weighted by molar-refractivity contribution is 0.0486. The van der Waals surface area contributed by atoms with Gasteiger partial charge in [0.1, 0.15) is 10.6 Å². The molecule has 3 aromatic rings. The highest BCUT2D eigenvalue weighted by molar-refractivity contribution is 9.10. The fraction of sp³-hybridized carbons (Fsp3) is 0.333. The number of hydrogen-bond donors (Lipinski definition) is 2. The van der Waals surface area contributed by atoms with Crippen molar-refractivity contribution in [2.75, 3.05) is 18.4 Å². The summed E-state index contributed by atoms with van der Waals surface area (Å²) < 4.78 is 7.99. The number of nitrogens with zero attached hydrogens (tertiary/aromatic N) is 2. The SMILES string of the molecule is Cc1ccc(NC(=O)OC2CCN(C(c3ccccc3)c3c(Br)c(=O)[nH]n3C)CC2)cc1. The molecule has 1 aliphatic rings. The number of aromatic nitrogens is 2. The van der Waals surface area contributed by atoms with E-state index in [-0.39, 0.29) is 17.7 Å². The van der Waals surface area contributed by atoms with Crippen molar-refractivity contribution >= 4 is 27.7 Å². The van der Waals surface area contributed by atoms with Gasteiger partial charge in [0.05, 0.1) is 11.7 Å². The van der Waals surface area contributed by atoms with Crippen LogP contribution in [0.3, 0.4) is 0 Å². The van der Waals surface area contributed by atoms with E-state index in [9.17, 15) is 9.59 Å². The molecule has 0 aliphatic carbocycles. The summed E-state index contributed by atoms with van der Waals surface area (Å²) in [5, 5.41) is 5.63. The number of aryl methyl sites for hydroxylation is 2. The van der Waals surface area contributed by atoms with E-state index in [2.05, 4.69) is 43.4 Å². The monoisotopic (exact) mass is 498 g/mol. The highest BCUT2D eigenvalue weighted by Crippen LogP contribution is 2.34. The van der Waals surface area contributed by atoms with Crippen LogP contribution < -0.4 is 10.9 Å². The summed E-state index contributed by atoms with van der Waals surface area (Å²) in [6.45, 7) is 3.49. The Bertz CT molecular complexity index is 1120. The number of piperidine rings is 1. The Labute approximate surface area is 195 Å². The fourth-order valence-corrected chi connectivity index (χ4v) is 4.76. The number of benzene rings is 2. The van der Waals surface area contributed by atoms with E-state index in [4.69, 9.17) is 4.74 Å². The molecule has 0 radical (unpaired) electrons. The van der Waals surface area contributed by atoms with E-state index in [1.165, 1.54) is 0 Å². The van der Waals surface area contributed by atoms with Crippen molar-refractivity contribution in [2.45, 2.75) is 31.9 Å². The number of likely N-dealkylation sites (tertiary alicyclic amines) is 1. The third-order valence-electron chi connectivity index (χ3n) is 5.84. The minimum atomic E-state index is -0.428. The van der Waals surface area contributed by atoms with E-state index in [0.29, 0.717) is 4.47 Å². The van der Waals surface area contributed by atoms with E-state index >= 15 is 0 Å². The van der Waals surface area contributed by atoms with Gasteiger partial charge in [-0.05, 0) is 53.4 Å². The third kappa shape index (κ3) is 4.97. The average molecular weight is 499 g/mol. The zero-order chi connectivity index (χ0) is 22.7. The second-order valence-electron chi connectivity index (χ2n) is 8.14. The first-order chi connectivity index (χ1) is 15.4. The maximum absolute atomic E-state index is 12.3. The maximum atomic E-state index is 12.3. The maximum Gasteiger partial charge on any atom is 0.411 e. The van der Waals surface area contributed by atoms with Crippen molar-refractivity contribution in [3.05, 3.63) is 86.2 Å². The van der Waals surface area contributed by atoms with Crippen LogP contribution in [0, 0.1) is 6.92 Å². The van der Waals surface area contributed by atoms with Crippen LogP contribution >= 0.6 is 15.9 Å². The lowest BCUT2D eigenvalue weighted by atomic mass is 9.98. The molecule has 1 aromatic heterocycles. The van der Waals surface area contributed by atoms with Crippen LogP contribution in [-0.4, -0.2) is 40.0 Å². The van der Waals surface area contributed by atoms with E-state index in [1.54, 1.807) is 4.68 Å². The number of H-pyrrole nitrogens is 1. The molecule has 2 aromatic carbocycles. The topological polar surface area (TPSA) is 79.4 Å². The van der Waals surface area contributed by atoms with Gasteiger partial charge >= 0.3 is 6.09 Å². The molecule has 0 saturated carbocycles. The molecular weight excluding hydrogens is 472 g/mol. The summed E-state index contributed by atoms with van der Waals surface area (Å²) in [6.07, 6.45) is 0.871. The van der Waals surface area contributed by atoms with Gasteiger partial charge < -0.3 is 4.74 Å². The molecule has 2 N–H and O–H groups in total. The number of carbonyl (C=O) groups is 1. The number of aromatic amines is 1. The molecule has 1 fully saturated rings. The summed E-state index contributed by atoms with van der Waals surface area (Å²) >= 11 is 3.48. The highest BCUT2D eigenvalue weighted by Gasteiger charge is 2.32. The van der Waals surface area contributed by atoms with Gasteiger partial charge in [-0.1, -0.05) is 48.0 Å². The molecule has 1 unspecified atom stereocenters. The van der Waals surface area contributed by atoms with Crippen molar-refractivity contribution < 1.29 is 9.53 Å². The second-order valence-corrected chi connectivity index (χ2v) is 8.94. The summed E-state index contributed by atoms with van der Waals surface area (Å²) in [5.41, 5.74) is 3.71. The summed E-state index contributed by atoms with van der Waals surface area (Å²) in [6, 6.07) is 17.7. The van der Waals surface area contributed by atoms with Gasteiger partial charge in [-0.2, -0.15) is 0 Å². The summed E-state index contributed by atoms with van der Waals surface area (Å²) in [4.78, 5) is 26.9. The molecule has 1 amide bonds. The van der Waals surface area contributed by atoms with Crippen LogP contribution in [0.2, 0.25) is 0 Å². The molecule has 8 heteroatoms. The normalized spacial score (nSPS) is 16.0. The quantitative estimate of drug-likeness (QED) is 0.539. The molecule has 7 nitrogen and oxygen atoms in total. The number of rotatable bonds is 5. The van der Waals surface area contributed by atoms with Crippen LogP contribution in [-0.2, 0) is 11.8 Å². The van der Waals surface area contributed by atoms with Crippen molar-refractivity contribution in [3.63, 3.8) is 0 Å². The number of anilines is 1. The Kier molecular flexibility index (Phi) is 6.81. The van der Waals surface area contributed by atoms with Gasteiger partial charge in [-0.3, -0.25) is 24.8 Å². The standard InChI is InChI=1S/C24H27BrN4O3/c1-16-8-10-18(11-9-16)26-24(31)32-19-12-14-29(15-13-19)21(17-6-4-3-5-7-17)22-20(25)23(30)27-28(22)2/h3-11,19,21H,12-15H2,1-2H3,(H,26,31)(H,27,30). The van der Waals surface area contributed by atoms with Gasteiger partial charge in [-0.15, -0.1) is 0 Å². The van der Waals surface area contributed by atoms with Crippen LogP contribution in [0.4, 0.5) is 10.5 Å². The fourth-order valence-electron chi connectivity index (χ4n) is 4.19. The largest absolute Gasteiger partial charge is 0.446 e. The van der Waals surface area contributed by atoms with Gasteiger partial charge in [-0.25, -0.2) is 4.79 Å². The molecule has 1 atom stereocenters. The van der Waals surface area contributed by atoms with Crippen molar-refractivity contribution in [1.29, 1.82) is 0 Å². The summed E-state index contributed by atoms with van der Waals surface area (Å²) in [7, 11) is 1.85. The van der Waals surface area contributed by atoms with Gasteiger partial charge in [0.2, 0.25) is 0 Å². The predicted octanol–water partition coefficient (Wildman–Crippen LogP) is 4.59. The van der Waals surface area contributed by atoms with Crippen LogP contribution in [0.5, 0.6) is 0 Å². The van der Waals surface area contributed by atoms with Crippen LogP contribution in [0.25, 0.3) is 0 Å². The number of ether oxygens (including phenoxy) is 1. The second kappa shape index (κ2) is 9.75. The number of amides is 1. The smallest absolute Gasteiger partial charge is 0.411 e. The van der Waals surface area contributed by atoms with E-state index in [0.717, 1.165) is 48.4 Å². The Morgan fingerprint density at radius 2 is 1.78 bits per heavy atom. The molecule has 2 heterocycles. The Morgan fingerprint density at radius 1 is 1.12 bits per heavy atom. The molecule has 168 valence electrons. The molecular formula is C24H27BrN4O3. The van der Waals surface area contributed by atoms with Crippen molar-refractivity contribution in [1.82, 2.24) is 14.7 Å². The Balaban J connectivity index is 1.44. The van der Waals surface area contributed by atoms with Crippen molar-refractivity contribution in [3.8, 4) is 0 Å². The predicted molar refractivity (Wildman–Crippen MR) is 128 cm³/mol. The Hall–Kier alpha value is -2.84. The third-order valence-corrected chi connectivity index (χ3v) is 6.61. The number of carbonyl (C=O) groups excluding carboxylic acids is 1. The zero-order valence-corrected chi connectivity index (χ0v) is 19.8. The van der Waals surface area contributed by atoms with E-state index < -0.39 is 6.09 Å². The molecule has 0 spiro atoms. The van der Waals surface area contributed by atoms with Gasteiger partial charge in [0.15, 0.2) is 0 Å². The lowest BCUT2D eigenvalue weighted by Gasteiger charge is -2.37. The Morgan fingerprint density at radius 3 is 2.38 bits per heavy atom. The summed E-state index contributed by atoms with van der Waals surface area (Å²) in [5.74, 6) is 0. The van der Waals surface area contributed by atoms with Crippen LogP contribution in [0.1, 0.15) is 35.7 Å². The van der Waals surface area contributed by atoms with E-state index in [1.807, 2.05) is 56.4 Å². The first kappa shape index (κ1) is 22.4. The van der Waals surface area contributed by atoms with Gasteiger partial charge in [0, 0.05) is 25.8 Å². The molecule has 4 rings (SSSR count). The lowest BCUT2D eigenvalue weighted by Crippen LogP contribution is -2.41. The number of nitrogens with one attached hydrogen (secondary N) is 2. The zero-order valence-electron chi connectivity index (χ0n) is 18.2. The number of halogens is 1. The molecule has 0 bridgehead atoms. The molecule has 32 heavy (non-hydrogen) atoms. The minimum Gasteiger partial charge on any atom is -0.446 e. The highest BCUT2D eigenvalue weighted by atomic mass is 79.9. The first-order valence-electron chi connectivity index (χ1n) is 10.7. The number of hydrogen-bond acceptors (Lipinski definition) is 4. The van der Waals surface area contributed by atoms with Gasteiger partial charge in [0.25, 0.3) is 5.56 Å². The molecule has 1 saturated heterocycles. The average Bonchev–Trinajstić information content (AvgIpc) is 3.04. The minimum absolute atomic E-state index is 0.0862. The molecule has 1 aliphatic heterocycles.